The van der Waals surface area contributed by atoms with Gasteiger partial charge in [-0.3, -0.25) is 14.5 Å². The Labute approximate surface area is 153 Å². The van der Waals surface area contributed by atoms with Gasteiger partial charge in [0, 0.05) is 0 Å². The normalized spacial score (nSPS) is 15.9. The Kier molecular flexibility index (Phi) is 5.25. The van der Waals surface area contributed by atoms with E-state index in [1.54, 1.807) is 6.08 Å². The third-order valence-corrected chi connectivity index (χ3v) is 4.80. The minimum Gasteiger partial charge on any atom is -0.305 e. The lowest BCUT2D eigenvalue weighted by Crippen LogP contribution is -2.36. The second-order valence-corrected chi connectivity index (χ2v) is 6.82. The van der Waals surface area contributed by atoms with Crippen LogP contribution in [0.3, 0.4) is 0 Å². The third kappa shape index (κ3) is 3.94. The number of amides is 2. The van der Waals surface area contributed by atoms with Crippen LogP contribution in [-0.2, 0) is 16.0 Å². The van der Waals surface area contributed by atoms with E-state index in [0.29, 0.717) is 21.3 Å². The van der Waals surface area contributed by atoms with Crippen molar-refractivity contribution in [3.63, 3.8) is 0 Å². The van der Waals surface area contributed by atoms with Crippen molar-refractivity contribution in [2.24, 2.45) is 0 Å². The molecule has 128 valence electrons. The van der Waals surface area contributed by atoms with Gasteiger partial charge in [-0.2, -0.15) is 0 Å². The number of thioether (sulfide) groups is 1. The van der Waals surface area contributed by atoms with Gasteiger partial charge in [0.25, 0.3) is 5.91 Å². The summed E-state index contributed by atoms with van der Waals surface area (Å²) in [6.45, 7) is 1.68. The molecule has 2 aromatic rings. The average molecular weight is 374 g/mol. The Morgan fingerprint density at radius 3 is 2.84 bits per heavy atom. The summed E-state index contributed by atoms with van der Waals surface area (Å²) in [6, 6.07) is 9.46. The zero-order chi connectivity index (χ0) is 17.8. The standard InChI is InChI=1S/C16H14N4O3S2/c1-2-11-14(19-23-18-11)17-13(21)9-20-15(22)12(25-16(20)24)8-10-6-4-3-5-7-10/h3-8H,2,9H2,1H3,(H,17,19,21)/b12-8-. The molecule has 1 saturated heterocycles. The lowest BCUT2D eigenvalue weighted by atomic mass is 10.2. The fourth-order valence-corrected chi connectivity index (χ4v) is 3.44. The molecule has 0 radical (unpaired) electrons. The summed E-state index contributed by atoms with van der Waals surface area (Å²) in [6.07, 6.45) is 2.33. The summed E-state index contributed by atoms with van der Waals surface area (Å²) in [4.78, 5) is 26.4. The van der Waals surface area contributed by atoms with Crippen molar-refractivity contribution >= 4 is 52.0 Å². The number of nitrogens with zero attached hydrogens (tertiary/aromatic N) is 3. The summed E-state index contributed by atoms with van der Waals surface area (Å²) >= 11 is 6.40. The number of hydrogen-bond donors (Lipinski definition) is 1. The first kappa shape index (κ1) is 17.3. The monoisotopic (exact) mass is 374 g/mol. The van der Waals surface area contributed by atoms with Crippen LogP contribution < -0.4 is 5.32 Å². The number of rotatable bonds is 5. The lowest BCUT2D eigenvalue weighted by Gasteiger charge is -2.13. The molecule has 1 aliphatic heterocycles. The SMILES string of the molecule is CCc1nonc1NC(=O)CN1C(=O)/C(=C/c2ccccc2)SC1=S. The lowest BCUT2D eigenvalue weighted by molar-refractivity contribution is -0.126. The van der Waals surface area contributed by atoms with Gasteiger partial charge in [-0.05, 0) is 23.2 Å². The molecule has 0 atom stereocenters. The third-order valence-electron chi connectivity index (χ3n) is 3.42. The Hall–Kier alpha value is -2.52. The van der Waals surface area contributed by atoms with E-state index in [0.717, 1.165) is 5.56 Å². The number of carbonyl (C=O) groups is 2. The second-order valence-electron chi connectivity index (χ2n) is 5.14. The predicted octanol–water partition coefficient (Wildman–Crippen LogP) is 2.47. The highest BCUT2D eigenvalue weighted by atomic mass is 32.2. The summed E-state index contributed by atoms with van der Waals surface area (Å²) in [5.74, 6) is -0.441. The minimum atomic E-state index is -0.414. The van der Waals surface area contributed by atoms with Gasteiger partial charge < -0.3 is 5.32 Å². The highest BCUT2D eigenvalue weighted by Crippen LogP contribution is 2.32. The molecule has 7 nitrogen and oxygen atoms in total. The van der Waals surface area contributed by atoms with Crippen LogP contribution in [0.5, 0.6) is 0 Å². The van der Waals surface area contributed by atoms with Gasteiger partial charge in [-0.1, -0.05) is 66.4 Å². The number of aromatic nitrogens is 2. The van der Waals surface area contributed by atoms with Crippen LogP contribution in [0.15, 0.2) is 39.9 Å². The molecule has 1 aromatic carbocycles. The van der Waals surface area contributed by atoms with Crippen LogP contribution in [0.25, 0.3) is 6.08 Å². The van der Waals surface area contributed by atoms with Gasteiger partial charge in [0.2, 0.25) is 11.7 Å². The fourth-order valence-electron chi connectivity index (χ4n) is 2.19. The molecule has 1 N–H and O–H groups in total. The number of hydrogen-bond acceptors (Lipinski definition) is 7. The molecule has 0 unspecified atom stereocenters. The predicted molar refractivity (Wildman–Crippen MR) is 98.6 cm³/mol. The van der Waals surface area contributed by atoms with Crippen LogP contribution >= 0.6 is 24.0 Å². The maximum Gasteiger partial charge on any atom is 0.266 e. The maximum absolute atomic E-state index is 12.5. The van der Waals surface area contributed by atoms with Crippen molar-refractivity contribution in [2.75, 3.05) is 11.9 Å². The Morgan fingerprint density at radius 2 is 2.12 bits per heavy atom. The topological polar surface area (TPSA) is 88.3 Å². The van der Waals surface area contributed by atoms with Crippen molar-refractivity contribution in [3.05, 3.63) is 46.5 Å². The second kappa shape index (κ2) is 7.58. The van der Waals surface area contributed by atoms with Crippen molar-refractivity contribution < 1.29 is 14.2 Å². The molecule has 0 saturated carbocycles. The molecular weight excluding hydrogens is 360 g/mol. The average Bonchev–Trinajstić information content (AvgIpc) is 3.15. The summed E-state index contributed by atoms with van der Waals surface area (Å²) in [7, 11) is 0. The Balaban J connectivity index is 1.68. The molecule has 9 heteroatoms. The van der Waals surface area contributed by atoms with Crippen molar-refractivity contribution in [1.29, 1.82) is 0 Å². The molecule has 0 aliphatic carbocycles. The molecule has 1 aromatic heterocycles. The Morgan fingerprint density at radius 1 is 1.36 bits per heavy atom. The van der Waals surface area contributed by atoms with Crippen LogP contribution in [0.1, 0.15) is 18.2 Å². The van der Waals surface area contributed by atoms with E-state index in [2.05, 4.69) is 20.3 Å². The number of nitrogens with one attached hydrogen (secondary N) is 1. The van der Waals surface area contributed by atoms with Crippen LogP contribution in [0.2, 0.25) is 0 Å². The summed E-state index contributed by atoms with van der Waals surface area (Å²) in [5, 5.41) is 9.91. The molecule has 1 fully saturated rings. The first-order chi connectivity index (χ1) is 12.1. The van der Waals surface area contributed by atoms with E-state index in [-0.39, 0.29) is 18.3 Å². The summed E-state index contributed by atoms with van der Waals surface area (Å²) in [5.41, 5.74) is 1.44. The van der Waals surface area contributed by atoms with Crippen molar-refractivity contribution in [2.45, 2.75) is 13.3 Å². The number of aryl methyl sites for hydroxylation is 1. The molecule has 0 bridgehead atoms. The van der Waals surface area contributed by atoms with Gasteiger partial charge in [0.1, 0.15) is 16.6 Å². The van der Waals surface area contributed by atoms with E-state index >= 15 is 0 Å². The van der Waals surface area contributed by atoms with Gasteiger partial charge in [0.05, 0.1) is 4.91 Å². The zero-order valence-corrected chi connectivity index (χ0v) is 14.9. The Bertz CT molecular complexity index is 848. The molecule has 25 heavy (non-hydrogen) atoms. The first-order valence-corrected chi connectivity index (χ1v) is 8.72. The number of benzene rings is 1. The largest absolute Gasteiger partial charge is 0.305 e. The van der Waals surface area contributed by atoms with Crippen molar-refractivity contribution in [1.82, 2.24) is 15.2 Å². The minimum absolute atomic E-state index is 0.188. The van der Waals surface area contributed by atoms with Crippen LogP contribution in [-0.4, -0.2) is 37.9 Å². The number of thiocarbonyl (C=S) groups is 1. The molecule has 0 spiro atoms. The van der Waals surface area contributed by atoms with E-state index in [1.807, 2.05) is 37.3 Å². The molecule has 2 heterocycles. The molecular formula is C16H14N4O3S2. The number of anilines is 1. The summed E-state index contributed by atoms with van der Waals surface area (Å²) < 4.78 is 4.94. The zero-order valence-electron chi connectivity index (χ0n) is 13.3. The van der Waals surface area contributed by atoms with Gasteiger partial charge in [-0.25, -0.2) is 4.63 Å². The first-order valence-electron chi connectivity index (χ1n) is 7.50. The maximum atomic E-state index is 12.5. The van der Waals surface area contributed by atoms with Crippen LogP contribution in [0, 0.1) is 0 Å². The van der Waals surface area contributed by atoms with Crippen molar-refractivity contribution in [3.8, 4) is 0 Å². The highest BCUT2D eigenvalue weighted by molar-refractivity contribution is 8.26. The number of carbonyl (C=O) groups excluding carboxylic acids is 2. The van der Waals surface area contributed by atoms with Crippen LogP contribution in [0.4, 0.5) is 5.82 Å². The quantitative estimate of drug-likeness (QED) is 0.635. The molecule has 1 aliphatic rings. The smallest absolute Gasteiger partial charge is 0.266 e. The van der Waals surface area contributed by atoms with Gasteiger partial charge in [0.15, 0.2) is 0 Å². The van der Waals surface area contributed by atoms with E-state index in [4.69, 9.17) is 12.2 Å². The van der Waals surface area contributed by atoms with Gasteiger partial charge in [-0.15, -0.1) is 0 Å². The highest BCUT2D eigenvalue weighted by Gasteiger charge is 2.33. The molecule has 2 amide bonds. The molecule has 3 rings (SSSR count). The fraction of sp³-hybridized carbons (Fsp3) is 0.188. The van der Waals surface area contributed by atoms with E-state index in [9.17, 15) is 9.59 Å². The van der Waals surface area contributed by atoms with E-state index < -0.39 is 5.91 Å². The van der Waals surface area contributed by atoms with Gasteiger partial charge >= 0.3 is 0 Å². The van der Waals surface area contributed by atoms with E-state index in [1.165, 1.54) is 16.7 Å².